The van der Waals surface area contributed by atoms with Crippen LogP contribution in [-0.4, -0.2) is 54.7 Å². The minimum Gasteiger partial charge on any atom is -0.466 e. The summed E-state index contributed by atoms with van der Waals surface area (Å²) in [5.74, 6) is -0.998. The van der Waals surface area contributed by atoms with Crippen molar-refractivity contribution in [1.29, 1.82) is 0 Å². The van der Waals surface area contributed by atoms with Crippen molar-refractivity contribution in [3.63, 3.8) is 0 Å². The number of piperidine rings is 1. The number of esters is 1. The van der Waals surface area contributed by atoms with Gasteiger partial charge in [0, 0.05) is 25.6 Å². The Morgan fingerprint density at radius 1 is 1.25 bits per heavy atom. The lowest BCUT2D eigenvalue weighted by atomic mass is 9.75. The number of ether oxygens (including phenoxy) is 2. The Labute approximate surface area is 143 Å². The first-order chi connectivity index (χ1) is 11.2. The zero-order valence-corrected chi connectivity index (χ0v) is 15.0. The van der Waals surface area contributed by atoms with Crippen LogP contribution in [0.5, 0.6) is 0 Å². The number of nitrogens with zero attached hydrogens (tertiary/aromatic N) is 1. The lowest BCUT2D eigenvalue weighted by Gasteiger charge is -2.35. The topological polar surface area (TPSA) is 84.9 Å². The van der Waals surface area contributed by atoms with Gasteiger partial charge in [0.05, 0.1) is 12.5 Å². The third-order valence-corrected chi connectivity index (χ3v) is 4.55. The second-order valence-electron chi connectivity index (χ2n) is 7.42. The van der Waals surface area contributed by atoms with Crippen LogP contribution in [0, 0.1) is 17.8 Å². The number of likely N-dealkylation sites (tertiary alicyclic amines) is 1. The second-order valence-corrected chi connectivity index (χ2v) is 7.42. The summed E-state index contributed by atoms with van der Waals surface area (Å²) >= 11 is 0. The largest absolute Gasteiger partial charge is 0.466 e. The van der Waals surface area contributed by atoms with Crippen LogP contribution in [-0.2, 0) is 19.1 Å². The van der Waals surface area contributed by atoms with E-state index in [0.29, 0.717) is 39.1 Å². The Balaban J connectivity index is 2.08. The number of hydrogen-bond donors (Lipinski definition) is 1. The van der Waals surface area contributed by atoms with E-state index in [4.69, 9.17) is 9.47 Å². The van der Waals surface area contributed by atoms with Gasteiger partial charge in [-0.3, -0.25) is 9.59 Å². The monoisotopic (exact) mass is 340 g/mol. The first kappa shape index (κ1) is 18.5. The van der Waals surface area contributed by atoms with Crippen molar-refractivity contribution >= 4 is 18.0 Å². The molecule has 0 radical (unpaired) electrons. The van der Waals surface area contributed by atoms with E-state index >= 15 is 0 Å². The quantitative estimate of drug-likeness (QED) is 0.771. The summed E-state index contributed by atoms with van der Waals surface area (Å²) in [4.78, 5) is 38.3. The van der Waals surface area contributed by atoms with E-state index in [2.05, 4.69) is 5.32 Å². The molecule has 2 rings (SSSR count). The van der Waals surface area contributed by atoms with Gasteiger partial charge in [-0.15, -0.1) is 0 Å². The van der Waals surface area contributed by atoms with Crippen LogP contribution in [0.25, 0.3) is 0 Å². The summed E-state index contributed by atoms with van der Waals surface area (Å²) in [6, 6.07) is 0. The van der Waals surface area contributed by atoms with Crippen LogP contribution in [0.2, 0.25) is 0 Å². The average molecular weight is 340 g/mol. The van der Waals surface area contributed by atoms with E-state index in [9.17, 15) is 14.4 Å². The molecule has 136 valence electrons. The Morgan fingerprint density at radius 3 is 2.54 bits per heavy atom. The SMILES string of the molecule is CCOC(=O)[C@@H]1CNC(=O)[C@H]2CCN(C(=O)OC(C)(C)C)CC[C@H]21. The molecule has 0 aromatic carbocycles. The van der Waals surface area contributed by atoms with Gasteiger partial charge >= 0.3 is 12.1 Å². The molecule has 2 aliphatic heterocycles. The van der Waals surface area contributed by atoms with Crippen LogP contribution in [0.3, 0.4) is 0 Å². The zero-order chi connectivity index (χ0) is 17.9. The van der Waals surface area contributed by atoms with Crippen LogP contribution in [0.4, 0.5) is 4.79 Å². The molecule has 0 unspecified atom stereocenters. The molecule has 2 amide bonds. The molecule has 7 nitrogen and oxygen atoms in total. The molecule has 0 saturated carbocycles. The van der Waals surface area contributed by atoms with E-state index in [1.165, 1.54) is 0 Å². The van der Waals surface area contributed by atoms with Gasteiger partial charge in [-0.05, 0) is 46.5 Å². The van der Waals surface area contributed by atoms with Gasteiger partial charge in [0.1, 0.15) is 5.60 Å². The van der Waals surface area contributed by atoms with Gasteiger partial charge in [0.15, 0.2) is 0 Å². The second kappa shape index (κ2) is 7.40. The van der Waals surface area contributed by atoms with Crippen molar-refractivity contribution in [1.82, 2.24) is 10.2 Å². The summed E-state index contributed by atoms with van der Waals surface area (Å²) in [5, 5.41) is 2.81. The van der Waals surface area contributed by atoms with E-state index in [1.807, 2.05) is 20.8 Å². The molecular weight excluding hydrogens is 312 g/mol. The lowest BCUT2D eigenvalue weighted by Crippen LogP contribution is -2.50. The van der Waals surface area contributed by atoms with Crippen molar-refractivity contribution in [3.8, 4) is 0 Å². The number of nitrogens with one attached hydrogen (secondary N) is 1. The van der Waals surface area contributed by atoms with E-state index in [-0.39, 0.29) is 35.7 Å². The zero-order valence-electron chi connectivity index (χ0n) is 15.0. The molecule has 0 aromatic rings. The molecule has 1 N–H and O–H groups in total. The number of amides is 2. The maximum Gasteiger partial charge on any atom is 0.410 e. The number of carbonyl (C=O) groups excluding carboxylic acids is 3. The highest BCUT2D eigenvalue weighted by Crippen LogP contribution is 2.34. The molecule has 0 spiro atoms. The number of rotatable bonds is 2. The van der Waals surface area contributed by atoms with Crippen LogP contribution < -0.4 is 5.32 Å². The fourth-order valence-electron chi connectivity index (χ4n) is 3.44. The number of carbonyl (C=O) groups is 3. The minimum atomic E-state index is -0.555. The number of fused-ring (bicyclic) bond motifs is 1. The molecule has 7 heteroatoms. The van der Waals surface area contributed by atoms with Crippen LogP contribution >= 0.6 is 0 Å². The van der Waals surface area contributed by atoms with Gasteiger partial charge in [-0.25, -0.2) is 4.79 Å². The maximum absolute atomic E-state index is 12.3. The van der Waals surface area contributed by atoms with Crippen molar-refractivity contribution in [2.45, 2.75) is 46.1 Å². The molecule has 2 saturated heterocycles. The summed E-state index contributed by atoms with van der Waals surface area (Å²) < 4.78 is 10.6. The predicted octanol–water partition coefficient (Wildman–Crippen LogP) is 1.56. The van der Waals surface area contributed by atoms with E-state index < -0.39 is 5.60 Å². The molecular formula is C17H28N2O5. The van der Waals surface area contributed by atoms with Crippen molar-refractivity contribution < 1.29 is 23.9 Å². The molecule has 0 aromatic heterocycles. The smallest absolute Gasteiger partial charge is 0.410 e. The standard InChI is InChI=1S/C17H28N2O5/c1-5-23-15(21)13-10-18-14(20)12-7-9-19(8-6-11(12)13)16(22)24-17(2,3)4/h11-13H,5-10H2,1-4H3,(H,18,20)/t11-,12+,13-/m1/s1. The highest BCUT2D eigenvalue weighted by atomic mass is 16.6. The maximum atomic E-state index is 12.3. The molecule has 0 bridgehead atoms. The number of hydrogen-bond acceptors (Lipinski definition) is 5. The molecule has 24 heavy (non-hydrogen) atoms. The first-order valence-electron chi connectivity index (χ1n) is 8.65. The lowest BCUT2D eigenvalue weighted by molar-refractivity contribution is -0.153. The summed E-state index contributed by atoms with van der Waals surface area (Å²) in [6.45, 7) is 8.83. The Bertz CT molecular complexity index is 500. The fourth-order valence-corrected chi connectivity index (χ4v) is 3.44. The Kier molecular flexibility index (Phi) is 5.72. The molecule has 0 aliphatic carbocycles. The highest BCUT2D eigenvalue weighted by molar-refractivity contribution is 5.84. The van der Waals surface area contributed by atoms with Gasteiger partial charge in [-0.2, -0.15) is 0 Å². The van der Waals surface area contributed by atoms with E-state index in [1.54, 1.807) is 11.8 Å². The third-order valence-electron chi connectivity index (χ3n) is 4.55. The Morgan fingerprint density at radius 2 is 1.92 bits per heavy atom. The van der Waals surface area contributed by atoms with Crippen molar-refractivity contribution in [2.24, 2.45) is 17.8 Å². The summed E-state index contributed by atoms with van der Waals surface area (Å²) in [7, 11) is 0. The highest BCUT2D eigenvalue weighted by Gasteiger charge is 2.44. The normalized spacial score (nSPS) is 27.6. The first-order valence-corrected chi connectivity index (χ1v) is 8.65. The predicted molar refractivity (Wildman–Crippen MR) is 87.2 cm³/mol. The summed E-state index contributed by atoms with van der Waals surface area (Å²) in [5.41, 5.74) is -0.555. The average Bonchev–Trinajstić information content (AvgIpc) is 2.69. The molecule has 2 aliphatic rings. The molecule has 2 heterocycles. The van der Waals surface area contributed by atoms with Gasteiger partial charge in [0.25, 0.3) is 0 Å². The fraction of sp³-hybridized carbons (Fsp3) is 0.824. The Hall–Kier alpha value is -1.79. The van der Waals surface area contributed by atoms with Gasteiger partial charge in [-0.1, -0.05) is 0 Å². The van der Waals surface area contributed by atoms with Crippen molar-refractivity contribution in [3.05, 3.63) is 0 Å². The van der Waals surface area contributed by atoms with Crippen molar-refractivity contribution in [2.75, 3.05) is 26.2 Å². The van der Waals surface area contributed by atoms with Gasteiger partial charge in [0.2, 0.25) is 5.91 Å². The van der Waals surface area contributed by atoms with Gasteiger partial charge < -0.3 is 19.7 Å². The molecule has 2 fully saturated rings. The van der Waals surface area contributed by atoms with E-state index in [0.717, 1.165) is 0 Å². The third kappa shape index (κ3) is 4.39. The molecule has 3 atom stereocenters. The van der Waals surface area contributed by atoms with Crippen LogP contribution in [0.15, 0.2) is 0 Å². The van der Waals surface area contributed by atoms with Crippen LogP contribution in [0.1, 0.15) is 40.5 Å². The minimum absolute atomic E-state index is 0.0356. The summed E-state index contributed by atoms with van der Waals surface area (Å²) in [6.07, 6.45) is 0.765.